The molecule has 0 saturated heterocycles. The fraction of sp³-hybridized carbons (Fsp3) is 0.932. The average Bonchev–Trinajstić information content (AvgIpc) is 3.06. The van der Waals surface area contributed by atoms with Gasteiger partial charge in [-0.3, -0.25) is 0 Å². The van der Waals surface area contributed by atoms with Gasteiger partial charge in [0.1, 0.15) is 6.10 Å². The second kappa shape index (κ2) is 30.0. The van der Waals surface area contributed by atoms with E-state index in [2.05, 4.69) is 0 Å². The van der Waals surface area contributed by atoms with Crippen molar-refractivity contribution in [2.24, 2.45) is 5.41 Å². The van der Waals surface area contributed by atoms with Crippen molar-refractivity contribution < 1.29 is 55.5 Å². The lowest BCUT2D eigenvalue weighted by atomic mass is 9.85. The molecule has 1 aliphatic heterocycles. The van der Waals surface area contributed by atoms with Crippen LogP contribution in [0.4, 0.5) is 0 Å². The van der Waals surface area contributed by atoms with Crippen molar-refractivity contribution >= 4 is 5.97 Å². The van der Waals surface area contributed by atoms with Gasteiger partial charge >= 0.3 is 5.97 Å². The molecule has 0 aromatic rings. The second-order valence-corrected chi connectivity index (χ2v) is 18.1. The molecule has 9 N–H and O–H groups in total. The van der Waals surface area contributed by atoms with Crippen LogP contribution in [0.15, 0.2) is 11.6 Å². The van der Waals surface area contributed by atoms with Gasteiger partial charge in [-0.2, -0.15) is 0 Å². The molecule has 11 nitrogen and oxygen atoms in total. The molecule has 326 valence electrons. The first-order chi connectivity index (χ1) is 25.9. The van der Waals surface area contributed by atoms with E-state index in [0.29, 0.717) is 128 Å². The van der Waals surface area contributed by atoms with Gasteiger partial charge in [-0.05, 0) is 166 Å². The van der Waals surface area contributed by atoms with E-state index in [1.807, 2.05) is 27.7 Å². The van der Waals surface area contributed by atoms with Crippen LogP contribution < -0.4 is 0 Å². The third-order valence-electron chi connectivity index (χ3n) is 11.2. The van der Waals surface area contributed by atoms with Crippen molar-refractivity contribution in [1.82, 2.24) is 0 Å². The third-order valence-corrected chi connectivity index (χ3v) is 11.2. The Morgan fingerprint density at radius 3 is 1.11 bits per heavy atom. The monoisotopic (exact) mass is 789 g/mol. The molecular weight excluding hydrogens is 704 g/mol. The zero-order chi connectivity index (χ0) is 41.2. The van der Waals surface area contributed by atoms with Gasteiger partial charge in [-0.15, -0.1) is 0 Å². The van der Waals surface area contributed by atoms with Gasteiger partial charge in [0.25, 0.3) is 0 Å². The van der Waals surface area contributed by atoms with Gasteiger partial charge in [0, 0.05) is 6.08 Å². The molecular formula is C44H84O11. The minimum Gasteiger partial charge on any atom is -0.459 e. The summed E-state index contributed by atoms with van der Waals surface area (Å²) in [5, 5.41) is 93.8. The van der Waals surface area contributed by atoms with Gasteiger partial charge in [0.2, 0.25) is 0 Å². The molecule has 0 unspecified atom stereocenters. The van der Waals surface area contributed by atoms with Crippen LogP contribution in [0.1, 0.15) is 195 Å². The lowest BCUT2D eigenvalue weighted by Gasteiger charge is -2.30. The van der Waals surface area contributed by atoms with Crippen LogP contribution in [0.3, 0.4) is 0 Å². The molecule has 1 rings (SSSR count). The second-order valence-electron chi connectivity index (χ2n) is 18.1. The van der Waals surface area contributed by atoms with E-state index < -0.39 is 54.9 Å². The first-order valence-electron chi connectivity index (χ1n) is 21.9. The lowest BCUT2D eigenvalue weighted by molar-refractivity contribution is -0.149. The molecule has 1 aliphatic rings. The minimum atomic E-state index is -0.844. The highest BCUT2D eigenvalue weighted by atomic mass is 16.5. The molecule has 0 fully saturated rings. The van der Waals surface area contributed by atoms with Crippen LogP contribution in [0, 0.1) is 5.41 Å². The van der Waals surface area contributed by atoms with E-state index in [4.69, 9.17) is 4.74 Å². The molecule has 0 spiro atoms. The Morgan fingerprint density at radius 1 is 0.436 bits per heavy atom. The van der Waals surface area contributed by atoms with Gasteiger partial charge in [-0.1, -0.05) is 39.2 Å². The van der Waals surface area contributed by atoms with Crippen molar-refractivity contribution in [3.63, 3.8) is 0 Å². The van der Waals surface area contributed by atoms with Gasteiger partial charge in [-0.25, -0.2) is 4.79 Å². The van der Waals surface area contributed by atoms with E-state index in [9.17, 15) is 50.8 Å². The summed E-state index contributed by atoms with van der Waals surface area (Å²) in [4.78, 5) is 12.8. The predicted molar refractivity (Wildman–Crippen MR) is 217 cm³/mol. The first kappa shape index (κ1) is 51.9. The quantitative estimate of drug-likeness (QED) is 0.125. The molecule has 0 aromatic heterocycles. The Morgan fingerprint density at radius 2 is 0.745 bits per heavy atom. The highest BCUT2D eigenvalue weighted by Gasteiger charge is 2.28. The molecule has 10 atom stereocenters. The number of cyclic esters (lactones) is 1. The van der Waals surface area contributed by atoms with Gasteiger partial charge in [0.05, 0.1) is 54.9 Å². The lowest BCUT2D eigenvalue weighted by Crippen LogP contribution is -2.31. The minimum absolute atomic E-state index is 0.149. The summed E-state index contributed by atoms with van der Waals surface area (Å²) >= 11 is 0. The number of aliphatic hydroxyl groups excluding tert-OH is 9. The SMILES string of the molecule is CC1=CC(=O)O[C@H](C(C)(C)C)CCC[C@H](O)CCC[C@H](O)CCC[C@H](O)CCC[C@@H](O)C[C@@H](O)C[C@H](O)CCC[C@@H](O)CCC[C@@H](O)C[C@@H](O)CCCCC1. The van der Waals surface area contributed by atoms with E-state index in [0.717, 1.165) is 31.3 Å². The molecule has 0 bridgehead atoms. The highest BCUT2D eigenvalue weighted by Crippen LogP contribution is 2.28. The number of hydrogen-bond donors (Lipinski definition) is 9. The Kier molecular flexibility index (Phi) is 28.3. The van der Waals surface area contributed by atoms with Crippen molar-refractivity contribution in [1.29, 1.82) is 0 Å². The first-order valence-corrected chi connectivity index (χ1v) is 21.9. The Labute approximate surface area is 333 Å². The topological polar surface area (TPSA) is 208 Å². The normalized spacial score (nSPS) is 34.5. The van der Waals surface area contributed by atoms with E-state index in [1.165, 1.54) is 0 Å². The largest absolute Gasteiger partial charge is 0.459 e. The molecule has 0 aromatic carbocycles. The molecule has 11 heteroatoms. The zero-order valence-electron chi connectivity index (χ0n) is 35.1. The van der Waals surface area contributed by atoms with Gasteiger partial charge in [0.15, 0.2) is 0 Å². The fourth-order valence-corrected chi connectivity index (χ4v) is 7.65. The Bertz CT molecular complexity index is 985. The smallest absolute Gasteiger partial charge is 0.330 e. The van der Waals surface area contributed by atoms with Crippen LogP contribution in [0.2, 0.25) is 0 Å². The van der Waals surface area contributed by atoms with Crippen LogP contribution in [-0.2, 0) is 9.53 Å². The van der Waals surface area contributed by atoms with Crippen LogP contribution in [0.25, 0.3) is 0 Å². The summed E-state index contributed by atoms with van der Waals surface area (Å²) in [5.41, 5.74) is 0.692. The van der Waals surface area contributed by atoms with Crippen LogP contribution in [-0.4, -0.2) is 113 Å². The molecule has 0 amide bonds. The summed E-state index contributed by atoms with van der Waals surface area (Å²) in [6, 6.07) is 0. The van der Waals surface area contributed by atoms with Crippen molar-refractivity contribution in [2.45, 2.75) is 256 Å². The van der Waals surface area contributed by atoms with E-state index in [-0.39, 0.29) is 30.3 Å². The van der Waals surface area contributed by atoms with E-state index >= 15 is 0 Å². The maximum absolute atomic E-state index is 12.8. The number of rotatable bonds is 0. The summed E-state index contributed by atoms with van der Waals surface area (Å²) in [7, 11) is 0. The van der Waals surface area contributed by atoms with Crippen molar-refractivity contribution in [2.75, 3.05) is 0 Å². The highest BCUT2D eigenvalue weighted by molar-refractivity contribution is 5.82. The number of esters is 1. The Balaban J connectivity index is 2.67. The summed E-state index contributed by atoms with van der Waals surface area (Å²) < 4.78 is 5.89. The third kappa shape index (κ3) is 28.8. The summed E-state index contributed by atoms with van der Waals surface area (Å²) in [6.07, 6.45) is 10.6. The maximum Gasteiger partial charge on any atom is 0.330 e. The fourth-order valence-electron chi connectivity index (χ4n) is 7.65. The molecule has 55 heavy (non-hydrogen) atoms. The predicted octanol–water partition coefficient (Wildman–Crippen LogP) is 6.29. The molecule has 0 saturated carbocycles. The number of carbonyl (C=O) groups excluding carboxylic acids is 1. The number of allylic oxidation sites excluding steroid dienone is 1. The maximum atomic E-state index is 12.8. The van der Waals surface area contributed by atoms with Crippen molar-refractivity contribution in [3.8, 4) is 0 Å². The number of hydrogen-bond acceptors (Lipinski definition) is 11. The summed E-state index contributed by atoms with van der Waals surface area (Å²) in [6.45, 7) is 8.06. The van der Waals surface area contributed by atoms with Crippen LogP contribution >= 0.6 is 0 Å². The van der Waals surface area contributed by atoms with E-state index in [1.54, 1.807) is 6.08 Å². The standard InChI is InChI=1S/C44H84O11/c1-32-14-6-5-7-15-37(49)29-38(50)24-10-20-35(47)22-12-26-40(52)31-41(53)30-39(51)25-11-21-34(46)18-8-16-33(45)17-9-19-36(48)23-13-27-42(44(2,3)4)55-43(54)28-32/h28,33-42,45-53H,5-27,29-31H2,1-4H3/t33-,34+,35+,36-,37+,38-,39-,40-,41-,42+/m1/s1. The zero-order valence-corrected chi connectivity index (χ0v) is 35.1. The Hall–Kier alpha value is -1.15. The summed E-state index contributed by atoms with van der Waals surface area (Å²) in [5.74, 6) is -0.352. The molecule has 0 aliphatic carbocycles. The molecule has 0 radical (unpaired) electrons. The number of carbonyl (C=O) groups is 1. The molecule has 1 heterocycles. The average molecular weight is 789 g/mol. The van der Waals surface area contributed by atoms with Crippen molar-refractivity contribution in [3.05, 3.63) is 11.6 Å². The number of ether oxygens (including phenoxy) is 1. The number of aliphatic hydroxyl groups is 9. The van der Waals surface area contributed by atoms with Gasteiger partial charge < -0.3 is 50.7 Å². The van der Waals surface area contributed by atoms with Crippen LogP contribution in [0.5, 0.6) is 0 Å².